The summed E-state index contributed by atoms with van der Waals surface area (Å²) in [6.07, 6.45) is 0. The Morgan fingerprint density at radius 1 is 1.45 bits per heavy atom. The Morgan fingerprint density at radius 3 is 2.60 bits per heavy atom. The minimum absolute atomic E-state index is 0.0354. The van der Waals surface area contributed by atoms with E-state index in [1.165, 1.54) is 6.07 Å². The van der Waals surface area contributed by atoms with Crippen molar-refractivity contribution in [3.05, 3.63) is 23.8 Å². The van der Waals surface area contributed by atoms with Crippen LogP contribution in [-0.4, -0.2) is 27.4 Å². The SMILES string of the molecule is Cc1ccc(NC(=O)C(C)C2CNC2)cc1S(N)(=O)=O. The zero-order chi connectivity index (χ0) is 14.9. The topological polar surface area (TPSA) is 101 Å². The van der Waals surface area contributed by atoms with Gasteiger partial charge in [-0.1, -0.05) is 13.0 Å². The maximum atomic E-state index is 12.1. The summed E-state index contributed by atoms with van der Waals surface area (Å²) in [5, 5.41) is 11.0. The summed E-state index contributed by atoms with van der Waals surface area (Å²) >= 11 is 0. The molecule has 0 radical (unpaired) electrons. The first-order valence-corrected chi connectivity index (χ1v) is 7.98. The van der Waals surface area contributed by atoms with Crippen LogP contribution in [0, 0.1) is 18.8 Å². The van der Waals surface area contributed by atoms with Crippen molar-refractivity contribution < 1.29 is 13.2 Å². The van der Waals surface area contributed by atoms with Crippen LogP contribution in [0.25, 0.3) is 0 Å². The summed E-state index contributed by atoms with van der Waals surface area (Å²) in [5.41, 5.74) is 1.01. The molecule has 110 valence electrons. The van der Waals surface area contributed by atoms with Gasteiger partial charge in [-0.2, -0.15) is 0 Å². The van der Waals surface area contributed by atoms with Crippen molar-refractivity contribution in [2.24, 2.45) is 17.0 Å². The highest BCUT2D eigenvalue weighted by molar-refractivity contribution is 7.89. The van der Waals surface area contributed by atoms with Gasteiger partial charge in [0.1, 0.15) is 0 Å². The number of anilines is 1. The Balaban J connectivity index is 2.15. The summed E-state index contributed by atoms with van der Waals surface area (Å²) < 4.78 is 22.9. The maximum Gasteiger partial charge on any atom is 0.238 e. The standard InChI is InChI=1S/C13H19N3O3S/c1-8-3-4-11(5-12(8)20(14,18)19)16-13(17)9(2)10-6-15-7-10/h3-5,9-10,15H,6-7H2,1-2H3,(H,16,17)(H2,14,18,19). The van der Waals surface area contributed by atoms with Crippen LogP contribution in [0.2, 0.25) is 0 Å². The lowest BCUT2D eigenvalue weighted by Gasteiger charge is -2.31. The van der Waals surface area contributed by atoms with Gasteiger partial charge in [0.2, 0.25) is 15.9 Å². The van der Waals surface area contributed by atoms with E-state index in [9.17, 15) is 13.2 Å². The number of rotatable bonds is 4. The molecule has 1 fully saturated rings. The monoisotopic (exact) mass is 297 g/mol. The second-order valence-corrected chi connectivity index (χ2v) is 6.75. The molecule has 1 aliphatic rings. The molecule has 1 saturated heterocycles. The first-order chi connectivity index (χ1) is 9.29. The Labute approximate surface area is 118 Å². The van der Waals surface area contributed by atoms with E-state index in [0.29, 0.717) is 17.2 Å². The molecule has 0 saturated carbocycles. The summed E-state index contributed by atoms with van der Waals surface area (Å²) in [6.45, 7) is 5.21. The Hall–Kier alpha value is -1.44. The molecule has 0 aromatic heterocycles. The van der Waals surface area contributed by atoms with Crippen molar-refractivity contribution in [2.75, 3.05) is 18.4 Å². The van der Waals surface area contributed by atoms with E-state index in [4.69, 9.17) is 5.14 Å². The Kier molecular flexibility index (Phi) is 4.12. The lowest BCUT2D eigenvalue weighted by Crippen LogP contribution is -2.48. The number of aryl methyl sites for hydroxylation is 1. The largest absolute Gasteiger partial charge is 0.326 e. The van der Waals surface area contributed by atoms with Crippen molar-refractivity contribution in [1.29, 1.82) is 0 Å². The highest BCUT2D eigenvalue weighted by Gasteiger charge is 2.28. The molecule has 20 heavy (non-hydrogen) atoms. The molecule has 0 bridgehead atoms. The van der Waals surface area contributed by atoms with E-state index in [1.807, 2.05) is 6.92 Å². The number of hydrogen-bond donors (Lipinski definition) is 3. The first kappa shape index (κ1) is 15.0. The van der Waals surface area contributed by atoms with E-state index in [-0.39, 0.29) is 16.7 Å². The number of benzene rings is 1. The smallest absolute Gasteiger partial charge is 0.238 e. The van der Waals surface area contributed by atoms with Gasteiger partial charge in [0, 0.05) is 11.6 Å². The van der Waals surface area contributed by atoms with Gasteiger partial charge in [-0.05, 0) is 43.6 Å². The zero-order valence-corrected chi connectivity index (χ0v) is 12.3. The average Bonchev–Trinajstić information content (AvgIpc) is 2.27. The number of carbonyl (C=O) groups is 1. The number of amides is 1. The Bertz CT molecular complexity index is 624. The third-order valence-electron chi connectivity index (χ3n) is 3.70. The van der Waals surface area contributed by atoms with Gasteiger partial charge in [-0.3, -0.25) is 4.79 Å². The normalized spacial score (nSPS) is 17.4. The lowest BCUT2D eigenvalue weighted by atomic mass is 9.88. The number of nitrogens with two attached hydrogens (primary N) is 1. The summed E-state index contributed by atoms with van der Waals surface area (Å²) in [7, 11) is -3.78. The van der Waals surface area contributed by atoms with Crippen LogP contribution in [0.4, 0.5) is 5.69 Å². The molecule has 1 amide bonds. The van der Waals surface area contributed by atoms with Gasteiger partial charge in [-0.25, -0.2) is 13.6 Å². The third-order valence-corrected chi connectivity index (χ3v) is 4.75. The highest BCUT2D eigenvalue weighted by atomic mass is 32.2. The van der Waals surface area contributed by atoms with Crippen molar-refractivity contribution >= 4 is 21.6 Å². The van der Waals surface area contributed by atoms with Crippen LogP contribution in [0.5, 0.6) is 0 Å². The van der Waals surface area contributed by atoms with E-state index in [1.54, 1.807) is 19.1 Å². The minimum atomic E-state index is -3.78. The predicted octanol–water partition coefficient (Wildman–Crippen LogP) is 0.436. The zero-order valence-electron chi connectivity index (χ0n) is 11.5. The van der Waals surface area contributed by atoms with E-state index < -0.39 is 10.0 Å². The molecule has 0 spiro atoms. The third kappa shape index (κ3) is 3.17. The van der Waals surface area contributed by atoms with Gasteiger partial charge in [0.15, 0.2) is 0 Å². The van der Waals surface area contributed by atoms with Crippen molar-refractivity contribution in [3.63, 3.8) is 0 Å². The molecular formula is C13H19N3O3S. The van der Waals surface area contributed by atoms with Gasteiger partial charge in [-0.15, -0.1) is 0 Å². The molecule has 1 aromatic rings. The molecular weight excluding hydrogens is 278 g/mol. The van der Waals surface area contributed by atoms with Gasteiger partial charge in [0.25, 0.3) is 0 Å². The fraction of sp³-hybridized carbons (Fsp3) is 0.462. The second kappa shape index (κ2) is 5.51. The fourth-order valence-electron chi connectivity index (χ4n) is 2.12. The van der Waals surface area contributed by atoms with Crippen LogP contribution in [0.3, 0.4) is 0 Å². The molecule has 1 aromatic carbocycles. The lowest BCUT2D eigenvalue weighted by molar-refractivity contribution is -0.121. The molecule has 1 aliphatic heterocycles. The van der Waals surface area contributed by atoms with E-state index in [2.05, 4.69) is 10.6 Å². The van der Waals surface area contributed by atoms with Crippen molar-refractivity contribution in [1.82, 2.24) is 5.32 Å². The number of nitrogens with one attached hydrogen (secondary N) is 2. The molecule has 7 heteroatoms. The molecule has 1 heterocycles. The highest BCUT2D eigenvalue weighted by Crippen LogP contribution is 2.21. The molecule has 1 atom stereocenters. The summed E-state index contributed by atoms with van der Waals surface area (Å²) in [5.74, 6) is 0.106. The molecule has 1 unspecified atom stereocenters. The van der Waals surface area contributed by atoms with Gasteiger partial charge in [0.05, 0.1) is 4.90 Å². The number of hydrogen-bond acceptors (Lipinski definition) is 4. The van der Waals surface area contributed by atoms with Crippen LogP contribution in [0.15, 0.2) is 23.1 Å². The minimum Gasteiger partial charge on any atom is -0.326 e. The van der Waals surface area contributed by atoms with Crippen LogP contribution in [-0.2, 0) is 14.8 Å². The maximum absolute atomic E-state index is 12.1. The molecule has 0 aliphatic carbocycles. The predicted molar refractivity (Wildman–Crippen MR) is 76.7 cm³/mol. The molecule has 2 rings (SSSR count). The van der Waals surface area contributed by atoms with Crippen molar-refractivity contribution in [2.45, 2.75) is 18.7 Å². The number of sulfonamides is 1. The summed E-state index contributed by atoms with van der Waals surface area (Å²) in [4.78, 5) is 12.1. The first-order valence-electron chi connectivity index (χ1n) is 6.44. The molecule has 4 N–H and O–H groups in total. The average molecular weight is 297 g/mol. The molecule has 6 nitrogen and oxygen atoms in total. The Morgan fingerprint density at radius 2 is 2.10 bits per heavy atom. The van der Waals surface area contributed by atoms with Gasteiger partial charge >= 0.3 is 0 Å². The van der Waals surface area contributed by atoms with Crippen molar-refractivity contribution in [3.8, 4) is 0 Å². The van der Waals surface area contributed by atoms with E-state index >= 15 is 0 Å². The quantitative estimate of drug-likeness (QED) is 0.750. The van der Waals surface area contributed by atoms with Crippen LogP contribution in [0.1, 0.15) is 12.5 Å². The fourth-order valence-corrected chi connectivity index (χ4v) is 2.93. The van der Waals surface area contributed by atoms with E-state index in [0.717, 1.165) is 13.1 Å². The van der Waals surface area contributed by atoms with Gasteiger partial charge < -0.3 is 10.6 Å². The van der Waals surface area contributed by atoms with Crippen LogP contribution < -0.4 is 15.8 Å². The van der Waals surface area contributed by atoms with Crippen LogP contribution >= 0.6 is 0 Å². The second-order valence-electron chi connectivity index (χ2n) is 5.22. The number of carbonyl (C=O) groups excluding carboxylic acids is 1. The number of primary sulfonamides is 1. The summed E-state index contributed by atoms with van der Waals surface area (Å²) in [6, 6.07) is 4.70.